The number of carbonyl (C=O) groups excluding carboxylic acids is 2. The summed E-state index contributed by atoms with van der Waals surface area (Å²) in [6.07, 6.45) is 7.86. The summed E-state index contributed by atoms with van der Waals surface area (Å²) in [6, 6.07) is -0.683. The van der Waals surface area contributed by atoms with Gasteiger partial charge in [0.1, 0.15) is 12.1 Å². The van der Waals surface area contributed by atoms with Crippen LogP contribution in [-0.4, -0.2) is 48.1 Å². The van der Waals surface area contributed by atoms with Crippen molar-refractivity contribution in [1.82, 2.24) is 10.2 Å². The van der Waals surface area contributed by atoms with E-state index in [1.165, 1.54) is 19.3 Å². The molecule has 0 aromatic rings. The predicted molar refractivity (Wildman–Crippen MR) is 78.7 cm³/mol. The SMILES string of the molecule is CC1C(=O)NC(C2CCCCC2)C(=O)N1CC1CCCO1. The first-order valence-corrected chi connectivity index (χ1v) is 8.39. The highest BCUT2D eigenvalue weighted by Crippen LogP contribution is 2.29. The lowest BCUT2D eigenvalue weighted by Crippen LogP contribution is -2.65. The fourth-order valence-corrected chi connectivity index (χ4v) is 3.89. The molecule has 0 aromatic heterocycles. The fraction of sp³-hybridized carbons (Fsp3) is 0.875. The topological polar surface area (TPSA) is 58.6 Å². The summed E-state index contributed by atoms with van der Waals surface area (Å²) in [5.41, 5.74) is 0. The summed E-state index contributed by atoms with van der Waals surface area (Å²) in [7, 11) is 0. The Balaban J connectivity index is 1.70. The molecule has 3 atom stereocenters. The molecule has 21 heavy (non-hydrogen) atoms. The normalized spacial score (nSPS) is 35.1. The Morgan fingerprint density at radius 3 is 2.57 bits per heavy atom. The smallest absolute Gasteiger partial charge is 0.246 e. The summed E-state index contributed by atoms with van der Waals surface area (Å²) >= 11 is 0. The van der Waals surface area contributed by atoms with Crippen molar-refractivity contribution in [2.75, 3.05) is 13.2 Å². The Bertz CT molecular complexity index is 400. The Morgan fingerprint density at radius 1 is 1.14 bits per heavy atom. The van der Waals surface area contributed by atoms with E-state index in [1.54, 1.807) is 4.90 Å². The molecule has 3 fully saturated rings. The van der Waals surface area contributed by atoms with E-state index >= 15 is 0 Å². The van der Waals surface area contributed by atoms with Gasteiger partial charge in [0.05, 0.1) is 6.10 Å². The van der Waals surface area contributed by atoms with Gasteiger partial charge in [0, 0.05) is 13.2 Å². The van der Waals surface area contributed by atoms with Crippen LogP contribution in [0.4, 0.5) is 0 Å². The largest absolute Gasteiger partial charge is 0.376 e. The predicted octanol–water partition coefficient (Wildman–Crippen LogP) is 1.46. The summed E-state index contributed by atoms with van der Waals surface area (Å²) in [5, 5.41) is 2.97. The molecule has 2 heterocycles. The zero-order valence-corrected chi connectivity index (χ0v) is 12.8. The first-order valence-electron chi connectivity index (χ1n) is 8.39. The van der Waals surface area contributed by atoms with Crippen LogP contribution in [0.25, 0.3) is 0 Å². The van der Waals surface area contributed by atoms with Gasteiger partial charge in [0.15, 0.2) is 0 Å². The zero-order chi connectivity index (χ0) is 14.8. The van der Waals surface area contributed by atoms with E-state index in [-0.39, 0.29) is 30.0 Å². The molecule has 3 aliphatic rings. The third-order valence-corrected chi connectivity index (χ3v) is 5.24. The molecule has 118 valence electrons. The van der Waals surface area contributed by atoms with Gasteiger partial charge in [-0.1, -0.05) is 19.3 Å². The van der Waals surface area contributed by atoms with Crippen LogP contribution in [0.5, 0.6) is 0 Å². The summed E-state index contributed by atoms with van der Waals surface area (Å²) in [6.45, 7) is 3.16. The minimum atomic E-state index is -0.374. The van der Waals surface area contributed by atoms with E-state index < -0.39 is 0 Å². The average molecular weight is 294 g/mol. The van der Waals surface area contributed by atoms with Crippen LogP contribution in [0.2, 0.25) is 0 Å². The second-order valence-corrected chi connectivity index (χ2v) is 6.69. The second kappa shape index (κ2) is 6.34. The van der Waals surface area contributed by atoms with Crippen LogP contribution in [0.1, 0.15) is 51.9 Å². The summed E-state index contributed by atoms with van der Waals surface area (Å²) in [5.74, 6) is 0.405. The number of nitrogens with zero attached hydrogens (tertiary/aromatic N) is 1. The van der Waals surface area contributed by atoms with Crippen molar-refractivity contribution in [3.05, 3.63) is 0 Å². The number of rotatable bonds is 3. The quantitative estimate of drug-likeness (QED) is 0.857. The van der Waals surface area contributed by atoms with Gasteiger partial charge in [-0.2, -0.15) is 0 Å². The van der Waals surface area contributed by atoms with Crippen molar-refractivity contribution >= 4 is 11.8 Å². The number of nitrogens with one attached hydrogen (secondary N) is 1. The van der Waals surface area contributed by atoms with Crippen molar-refractivity contribution < 1.29 is 14.3 Å². The van der Waals surface area contributed by atoms with Gasteiger partial charge in [-0.3, -0.25) is 9.59 Å². The van der Waals surface area contributed by atoms with E-state index in [1.807, 2.05) is 6.92 Å². The minimum absolute atomic E-state index is 0.0110. The number of amides is 2. The molecule has 0 spiro atoms. The molecule has 5 nitrogen and oxygen atoms in total. The summed E-state index contributed by atoms with van der Waals surface area (Å²) < 4.78 is 5.64. The van der Waals surface area contributed by atoms with Gasteiger partial charge in [0.2, 0.25) is 11.8 Å². The number of hydrogen-bond acceptors (Lipinski definition) is 3. The Labute approximate surface area is 126 Å². The van der Waals surface area contributed by atoms with Crippen molar-refractivity contribution in [3.63, 3.8) is 0 Å². The van der Waals surface area contributed by atoms with Crippen molar-refractivity contribution in [2.45, 2.75) is 70.1 Å². The maximum absolute atomic E-state index is 12.8. The molecule has 2 amide bonds. The number of carbonyl (C=O) groups is 2. The maximum Gasteiger partial charge on any atom is 0.246 e. The molecule has 0 radical (unpaired) electrons. The van der Waals surface area contributed by atoms with E-state index in [9.17, 15) is 9.59 Å². The molecular weight excluding hydrogens is 268 g/mol. The Morgan fingerprint density at radius 2 is 1.90 bits per heavy atom. The van der Waals surface area contributed by atoms with E-state index in [0.29, 0.717) is 12.5 Å². The Hall–Kier alpha value is -1.10. The molecule has 0 aromatic carbocycles. The van der Waals surface area contributed by atoms with E-state index in [4.69, 9.17) is 4.74 Å². The number of hydrogen-bond donors (Lipinski definition) is 1. The molecule has 2 saturated heterocycles. The van der Waals surface area contributed by atoms with Crippen LogP contribution >= 0.6 is 0 Å². The highest BCUT2D eigenvalue weighted by molar-refractivity contribution is 5.96. The monoisotopic (exact) mass is 294 g/mol. The molecule has 3 unspecified atom stereocenters. The van der Waals surface area contributed by atoms with Gasteiger partial charge < -0.3 is 15.0 Å². The first-order chi connectivity index (χ1) is 10.2. The lowest BCUT2D eigenvalue weighted by atomic mass is 9.82. The van der Waals surface area contributed by atoms with E-state index in [0.717, 1.165) is 32.3 Å². The van der Waals surface area contributed by atoms with Gasteiger partial charge in [0.25, 0.3) is 0 Å². The van der Waals surface area contributed by atoms with Crippen LogP contribution in [0.3, 0.4) is 0 Å². The molecule has 1 N–H and O–H groups in total. The molecular formula is C16H26N2O3. The highest BCUT2D eigenvalue weighted by Gasteiger charge is 2.42. The standard InChI is InChI=1S/C16H26N2O3/c1-11-15(19)17-14(12-6-3-2-4-7-12)16(20)18(11)10-13-8-5-9-21-13/h11-14H,2-10H2,1H3,(H,17,19). The Kier molecular flexibility index (Phi) is 4.48. The number of ether oxygens (including phenoxy) is 1. The number of piperazine rings is 1. The van der Waals surface area contributed by atoms with Crippen LogP contribution in [-0.2, 0) is 14.3 Å². The average Bonchev–Trinajstić information content (AvgIpc) is 3.01. The minimum Gasteiger partial charge on any atom is -0.376 e. The van der Waals surface area contributed by atoms with Gasteiger partial charge in [-0.15, -0.1) is 0 Å². The maximum atomic E-state index is 12.8. The highest BCUT2D eigenvalue weighted by atomic mass is 16.5. The first kappa shape index (κ1) is 14.8. The molecule has 2 aliphatic heterocycles. The van der Waals surface area contributed by atoms with Gasteiger partial charge in [-0.25, -0.2) is 0 Å². The van der Waals surface area contributed by atoms with Gasteiger partial charge >= 0.3 is 0 Å². The molecule has 3 rings (SSSR count). The molecule has 0 bridgehead atoms. The molecule has 1 aliphatic carbocycles. The third kappa shape index (κ3) is 3.07. The summed E-state index contributed by atoms with van der Waals surface area (Å²) in [4.78, 5) is 26.8. The van der Waals surface area contributed by atoms with E-state index in [2.05, 4.69) is 5.32 Å². The van der Waals surface area contributed by atoms with Crippen molar-refractivity contribution in [1.29, 1.82) is 0 Å². The van der Waals surface area contributed by atoms with Crippen LogP contribution in [0, 0.1) is 5.92 Å². The lowest BCUT2D eigenvalue weighted by molar-refractivity contribution is -0.152. The lowest BCUT2D eigenvalue weighted by Gasteiger charge is -2.42. The van der Waals surface area contributed by atoms with Gasteiger partial charge in [-0.05, 0) is 38.5 Å². The fourth-order valence-electron chi connectivity index (χ4n) is 3.89. The van der Waals surface area contributed by atoms with Crippen LogP contribution < -0.4 is 5.32 Å². The molecule has 5 heteroatoms. The molecule has 1 saturated carbocycles. The van der Waals surface area contributed by atoms with Crippen LogP contribution in [0.15, 0.2) is 0 Å². The van der Waals surface area contributed by atoms with Crippen molar-refractivity contribution in [3.8, 4) is 0 Å². The second-order valence-electron chi connectivity index (χ2n) is 6.69. The third-order valence-electron chi connectivity index (χ3n) is 5.24. The zero-order valence-electron chi connectivity index (χ0n) is 12.8. The van der Waals surface area contributed by atoms with Crippen molar-refractivity contribution in [2.24, 2.45) is 5.92 Å².